The average Bonchev–Trinajstić information content (AvgIpc) is 1.83. The van der Waals surface area contributed by atoms with Gasteiger partial charge in [0.2, 0.25) is 0 Å². The predicted octanol–water partition coefficient (Wildman–Crippen LogP) is 1.20. The smallest absolute Gasteiger partial charge is 0.112 e. The highest BCUT2D eigenvalue weighted by Gasteiger charge is 2.09. The number of hydrogen-bond acceptors (Lipinski definition) is 2. The van der Waals surface area contributed by atoms with Gasteiger partial charge in [0.25, 0.3) is 0 Å². The Balaban J connectivity index is 2.72. The average molecular weight is 127 g/mol. The van der Waals surface area contributed by atoms with Crippen LogP contribution in [0, 0.1) is 0 Å². The lowest BCUT2D eigenvalue weighted by Gasteiger charge is -2.27. The van der Waals surface area contributed by atoms with E-state index in [1.807, 2.05) is 6.92 Å². The second-order valence-electron chi connectivity index (χ2n) is 2.41. The van der Waals surface area contributed by atoms with Crippen molar-refractivity contribution in [3.05, 3.63) is 11.5 Å². The Labute approximate surface area is 56.1 Å². The van der Waals surface area contributed by atoms with Crippen LogP contribution in [-0.4, -0.2) is 25.1 Å². The van der Waals surface area contributed by atoms with Crippen molar-refractivity contribution in [3.63, 3.8) is 0 Å². The van der Waals surface area contributed by atoms with Crippen molar-refractivity contribution in [2.45, 2.75) is 13.8 Å². The Morgan fingerprint density at radius 2 is 2.11 bits per heavy atom. The quantitative estimate of drug-likeness (QED) is 0.485. The number of rotatable bonds is 0. The monoisotopic (exact) mass is 127 g/mol. The van der Waals surface area contributed by atoms with Gasteiger partial charge in [0.15, 0.2) is 0 Å². The van der Waals surface area contributed by atoms with Crippen LogP contribution in [0.15, 0.2) is 11.5 Å². The van der Waals surface area contributed by atoms with E-state index in [0.717, 1.165) is 18.9 Å². The molecule has 0 aromatic rings. The summed E-state index contributed by atoms with van der Waals surface area (Å²) < 4.78 is 5.30. The van der Waals surface area contributed by atoms with Crippen molar-refractivity contribution >= 4 is 0 Å². The van der Waals surface area contributed by atoms with Crippen molar-refractivity contribution in [1.82, 2.24) is 4.90 Å². The van der Waals surface area contributed by atoms with Gasteiger partial charge in [0.1, 0.15) is 12.4 Å². The van der Waals surface area contributed by atoms with Gasteiger partial charge in [-0.2, -0.15) is 0 Å². The highest BCUT2D eigenvalue weighted by molar-refractivity contribution is 5.03. The van der Waals surface area contributed by atoms with E-state index in [1.165, 1.54) is 5.70 Å². The van der Waals surface area contributed by atoms with Crippen LogP contribution in [0.3, 0.4) is 0 Å². The lowest BCUT2D eigenvalue weighted by molar-refractivity contribution is 0.144. The minimum atomic E-state index is 0.833. The van der Waals surface area contributed by atoms with Crippen LogP contribution in [-0.2, 0) is 4.74 Å². The van der Waals surface area contributed by atoms with E-state index in [9.17, 15) is 0 Å². The van der Waals surface area contributed by atoms with Crippen molar-refractivity contribution in [1.29, 1.82) is 0 Å². The molecule has 0 amide bonds. The fraction of sp³-hybridized carbons (Fsp3) is 0.714. The normalized spacial score (nSPS) is 20.1. The largest absolute Gasteiger partial charge is 0.495 e. The molecule has 0 unspecified atom stereocenters. The van der Waals surface area contributed by atoms with Gasteiger partial charge < -0.3 is 9.64 Å². The fourth-order valence-corrected chi connectivity index (χ4v) is 0.877. The lowest BCUT2D eigenvalue weighted by Crippen LogP contribution is -2.26. The molecule has 1 aliphatic heterocycles. The van der Waals surface area contributed by atoms with Crippen LogP contribution >= 0.6 is 0 Å². The first-order chi connectivity index (χ1) is 4.22. The van der Waals surface area contributed by atoms with E-state index in [1.54, 1.807) is 0 Å². The minimum absolute atomic E-state index is 0.833. The fourth-order valence-electron chi connectivity index (χ4n) is 0.877. The molecule has 0 saturated carbocycles. The molecule has 0 fully saturated rings. The molecule has 0 aliphatic carbocycles. The number of likely N-dealkylation sites (N-methyl/N-ethyl adjacent to an activating group) is 1. The molecule has 0 radical (unpaired) electrons. The summed E-state index contributed by atoms with van der Waals surface area (Å²) in [4.78, 5) is 2.21. The van der Waals surface area contributed by atoms with Crippen LogP contribution in [0.1, 0.15) is 13.8 Å². The maximum Gasteiger partial charge on any atom is 0.112 e. The molecule has 2 heteroatoms. The maximum absolute atomic E-state index is 5.30. The van der Waals surface area contributed by atoms with Gasteiger partial charge in [-0.05, 0) is 13.8 Å². The van der Waals surface area contributed by atoms with Gasteiger partial charge in [-0.3, -0.25) is 0 Å². The second kappa shape index (κ2) is 2.29. The molecule has 0 bridgehead atoms. The molecule has 0 aromatic heterocycles. The third kappa shape index (κ3) is 1.18. The van der Waals surface area contributed by atoms with Crippen LogP contribution in [0.5, 0.6) is 0 Å². The molecule has 0 spiro atoms. The van der Waals surface area contributed by atoms with Crippen LogP contribution < -0.4 is 0 Å². The highest BCUT2D eigenvalue weighted by Crippen LogP contribution is 2.12. The van der Waals surface area contributed by atoms with Gasteiger partial charge in [0.05, 0.1) is 6.54 Å². The predicted molar refractivity (Wildman–Crippen MR) is 37.0 cm³/mol. The van der Waals surface area contributed by atoms with Crippen LogP contribution in [0.2, 0.25) is 0 Å². The summed E-state index contributed by atoms with van der Waals surface area (Å²) in [5.74, 6) is 1.06. The Bertz CT molecular complexity index is 140. The highest BCUT2D eigenvalue weighted by atomic mass is 16.5. The summed E-state index contributed by atoms with van der Waals surface area (Å²) in [5.41, 5.74) is 1.25. The molecule has 0 N–H and O–H groups in total. The zero-order valence-corrected chi connectivity index (χ0v) is 6.27. The van der Waals surface area contributed by atoms with Crippen molar-refractivity contribution in [2.24, 2.45) is 0 Å². The first-order valence-electron chi connectivity index (χ1n) is 3.23. The third-order valence-corrected chi connectivity index (χ3v) is 1.83. The zero-order chi connectivity index (χ0) is 6.85. The molecule has 1 heterocycles. The Hall–Kier alpha value is -0.660. The third-order valence-electron chi connectivity index (χ3n) is 1.83. The molecule has 1 rings (SSSR count). The Kier molecular flexibility index (Phi) is 1.65. The van der Waals surface area contributed by atoms with E-state index in [2.05, 4.69) is 18.9 Å². The number of nitrogens with zero attached hydrogens (tertiary/aromatic N) is 1. The topological polar surface area (TPSA) is 12.5 Å². The molecule has 0 aromatic carbocycles. The summed E-state index contributed by atoms with van der Waals surface area (Å²) in [6, 6.07) is 0. The molecular weight excluding hydrogens is 114 g/mol. The minimum Gasteiger partial charge on any atom is -0.495 e. The first kappa shape index (κ1) is 6.46. The van der Waals surface area contributed by atoms with Crippen LogP contribution in [0.25, 0.3) is 0 Å². The summed E-state index contributed by atoms with van der Waals surface area (Å²) in [6.07, 6.45) is 0. The summed E-state index contributed by atoms with van der Waals surface area (Å²) in [7, 11) is 2.08. The van der Waals surface area contributed by atoms with Gasteiger partial charge in [-0.25, -0.2) is 0 Å². The first-order valence-corrected chi connectivity index (χ1v) is 3.23. The lowest BCUT2D eigenvalue weighted by atomic mass is 10.3. The Morgan fingerprint density at radius 1 is 1.44 bits per heavy atom. The van der Waals surface area contributed by atoms with Crippen molar-refractivity contribution in [2.75, 3.05) is 20.2 Å². The molecule has 2 nitrogen and oxygen atoms in total. The SMILES string of the molecule is CC1=C(C)N(C)CCO1. The van der Waals surface area contributed by atoms with Gasteiger partial charge in [0, 0.05) is 12.7 Å². The van der Waals surface area contributed by atoms with Crippen molar-refractivity contribution in [3.8, 4) is 0 Å². The molecule has 0 saturated heterocycles. The van der Waals surface area contributed by atoms with E-state index in [4.69, 9.17) is 4.74 Å². The van der Waals surface area contributed by atoms with Gasteiger partial charge >= 0.3 is 0 Å². The maximum atomic E-state index is 5.30. The molecule has 0 atom stereocenters. The molecule has 9 heavy (non-hydrogen) atoms. The molecule has 52 valence electrons. The Morgan fingerprint density at radius 3 is 2.56 bits per heavy atom. The van der Waals surface area contributed by atoms with Crippen LogP contribution in [0.4, 0.5) is 0 Å². The summed E-state index contributed by atoms with van der Waals surface area (Å²) >= 11 is 0. The van der Waals surface area contributed by atoms with E-state index in [0.29, 0.717) is 0 Å². The summed E-state index contributed by atoms with van der Waals surface area (Å²) in [6.45, 7) is 5.93. The summed E-state index contributed by atoms with van der Waals surface area (Å²) in [5, 5.41) is 0. The molecule has 1 aliphatic rings. The van der Waals surface area contributed by atoms with Crippen molar-refractivity contribution < 1.29 is 4.74 Å². The van der Waals surface area contributed by atoms with E-state index in [-0.39, 0.29) is 0 Å². The standard InChI is InChI=1S/C7H13NO/c1-6-7(2)9-5-4-8(6)3/h4-5H2,1-3H3. The number of ether oxygens (including phenoxy) is 1. The number of hydrogen-bond donors (Lipinski definition) is 0. The van der Waals surface area contributed by atoms with Gasteiger partial charge in [-0.1, -0.05) is 0 Å². The second-order valence-corrected chi connectivity index (χ2v) is 2.41. The van der Waals surface area contributed by atoms with Gasteiger partial charge in [-0.15, -0.1) is 0 Å². The number of allylic oxidation sites excluding steroid dienone is 2. The zero-order valence-electron chi connectivity index (χ0n) is 6.27. The van der Waals surface area contributed by atoms with E-state index >= 15 is 0 Å². The van der Waals surface area contributed by atoms with E-state index < -0.39 is 0 Å². The molecular formula is C7H13NO.